The van der Waals surface area contributed by atoms with Gasteiger partial charge in [-0.05, 0) is 69.8 Å². The van der Waals surface area contributed by atoms with Gasteiger partial charge in [0, 0.05) is 24.2 Å². The molecule has 0 aromatic carbocycles. The first-order chi connectivity index (χ1) is 16.4. The van der Waals surface area contributed by atoms with Crippen molar-refractivity contribution < 1.29 is 44.0 Å². The number of ether oxygens (including phenoxy) is 1. The largest absolute Gasteiger partial charge is 0.392 e. The summed E-state index contributed by atoms with van der Waals surface area (Å²) in [6.07, 6.45) is 5.87. The number of hydrogen-bond donors (Lipinski definition) is 3. The maximum atomic E-state index is 11.5. The van der Waals surface area contributed by atoms with Gasteiger partial charge in [0.15, 0.2) is 6.29 Å². The molecule has 1 fully saturated rings. The third-order valence-electron chi connectivity index (χ3n) is 6.41. The van der Waals surface area contributed by atoms with Crippen molar-refractivity contribution in [2.45, 2.75) is 95.2 Å². The monoisotopic (exact) mass is 482 g/mol. The average molecular weight is 483 g/mol. The van der Waals surface area contributed by atoms with Gasteiger partial charge in [-0.25, -0.2) is 0 Å². The summed E-state index contributed by atoms with van der Waals surface area (Å²) in [5.41, 5.74) is 0.388. The zero-order valence-corrected chi connectivity index (χ0v) is 19.6. The summed E-state index contributed by atoms with van der Waals surface area (Å²) in [4.78, 5) is 56.1. The molecule has 1 aliphatic heterocycles. The Morgan fingerprint density at radius 1 is 0.853 bits per heavy atom. The molecule has 0 radical (unpaired) electrons. The van der Waals surface area contributed by atoms with E-state index in [1.165, 1.54) is 0 Å². The fourth-order valence-electron chi connectivity index (χ4n) is 4.23. The third kappa shape index (κ3) is 10.9. The SMILES string of the molecule is O=CCCCC(O)C(C=O)CCC(O)C(C=O)CC/C=C(/C=O)CC(C=O)C1CCCC(O)O1. The van der Waals surface area contributed by atoms with Crippen LogP contribution in [-0.4, -0.2) is 71.4 Å². The highest BCUT2D eigenvalue weighted by molar-refractivity contribution is 5.74. The van der Waals surface area contributed by atoms with Crippen LogP contribution >= 0.6 is 0 Å². The lowest BCUT2D eigenvalue weighted by Gasteiger charge is -2.30. The summed E-state index contributed by atoms with van der Waals surface area (Å²) in [7, 11) is 0. The lowest BCUT2D eigenvalue weighted by Crippen LogP contribution is -2.34. The molecule has 7 unspecified atom stereocenters. The molecule has 0 amide bonds. The maximum Gasteiger partial charge on any atom is 0.154 e. The summed E-state index contributed by atoms with van der Waals surface area (Å²) in [6.45, 7) is 0. The standard InChI is InChI=1S/C25H38O9/c26-12-2-1-7-22(31)20(16-29)10-11-23(32)19(15-28)6-3-5-18(14-27)13-21(17-30)24-8-4-9-25(33)34-24/h5,12,14-17,19-25,31-33H,1-4,6-11,13H2/b18-5+. The fraction of sp³-hybridized carbons (Fsp3) is 0.720. The molecule has 7 atom stereocenters. The summed E-state index contributed by atoms with van der Waals surface area (Å²) < 4.78 is 5.42. The molecule has 0 aromatic heterocycles. The number of carbonyl (C=O) groups is 5. The van der Waals surface area contributed by atoms with Crippen LogP contribution in [0.4, 0.5) is 0 Å². The molecular weight excluding hydrogens is 444 g/mol. The van der Waals surface area contributed by atoms with E-state index in [9.17, 15) is 39.3 Å². The van der Waals surface area contributed by atoms with Gasteiger partial charge in [-0.3, -0.25) is 4.79 Å². The Morgan fingerprint density at radius 2 is 1.53 bits per heavy atom. The van der Waals surface area contributed by atoms with E-state index < -0.39 is 42.4 Å². The summed E-state index contributed by atoms with van der Waals surface area (Å²) in [5.74, 6) is -1.95. The zero-order valence-electron chi connectivity index (χ0n) is 19.6. The second-order valence-electron chi connectivity index (χ2n) is 8.95. The smallest absolute Gasteiger partial charge is 0.154 e. The highest BCUT2D eigenvalue weighted by atomic mass is 16.6. The van der Waals surface area contributed by atoms with Crippen LogP contribution in [0.25, 0.3) is 0 Å². The molecule has 9 heteroatoms. The van der Waals surface area contributed by atoms with Crippen molar-refractivity contribution in [1.82, 2.24) is 0 Å². The molecule has 0 saturated carbocycles. The molecule has 1 aliphatic rings. The van der Waals surface area contributed by atoms with Gasteiger partial charge in [-0.15, -0.1) is 0 Å². The predicted octanol–water partition coefficient (Wildman–Crippen LogP) is 1.49. The second-order valence-corrected chi connectivity index (χ2v) is 8.95. The molecule has 34 heavy (non-hydrogen) atoms. The Labute approximate surface area is 200 Å². The van der Waals surface area contributed by atoms with E-state index >= 15 is 0 Å². The number of aliphatic hydroxyl groups is 3. The second kappa shape index (κ2) is 17.4. The van der Waals surface area contributed by atoms with Gasteiger partial charge in [-0.1, -0.05) is 6.08 Å². The lowest BCUT2D eigenvalue weighted by molar-refractivity contribution is -0.177. The number of rotatable bonds is 19. The van der Waals surface area contributed by atoms with Gasteiger partial charge in [0.05, 0.1) is 18.3 Å². The molecule has 192 valence electrons. The minimum Gasteiger partial charge on any atom is -0.392 e. The normalized spacial score (nSPS) is 23.2. The van der Waals surface area contributed by atoms with Crippen LogP contribution in [0.15, 0.2) is 11.6 Å². The summed E-state index contributed by atoms with van der Waals surface area (Å²) >= 11 is 0. The van der Waals surface area contributed by atoms with Crippen LogP contribution in [0, 0.1) is 17.8 Å². The van der Waals surface area contributed by atoms with Crippen molar-refractivity contribution in [2.75, 3.05) is 0 Å². The van der Waals surface area contributed by atoms with Crippen LogP contribution in [-0.2, 0) is 28.7 Å². The van der Waals surface area contributed by atoms with Crippen LogP contribution in [0.1, 0.15) is 70.6 Å². The number of unbranched alkanes of at least 4 members (excludes halogenated alkanes) is 1. The lowest BCUT2D eigenvalue weighted by atomic mass is 9.88. The molecular formula is C25H38O9. The number of aldehydes is 5. The molecule has 1 heterocycles. The minimum absolute atomic E-state index is 0.149. The van der Waals surface area contributed by atoms with E-state index in [0.29, 0.717) is 63.0 Å². The van der Waals surface area contributed by atoms with Crippen LogP contribution in [0.2, 0.25) is 0 Å². The average Bonchev–Trinajstić information content (AvgIpc) is 2.84. The van der Waals surface area contributed by atoms with Gasteiger partial charge in [0.2, 0.25) is 0 Å². The molecule has 3 N–H and O–H groups in total. The highest BCUT2D eigenvalue weighted by Crippen LogP contribution is 2.26. The highest BCUT2D eigenvalue weighted by Gasteiger charge is 2.29. The Kier molecular flexibility index (Phi) is 15.3. The topological polar surface area (TPSA) is 155 Å². The van der Waals surface area contributed by atoms with Crippen molar-refractivity contribution in [3.63, 3.8) is 0 Å². The van der Waals surface area contributed by atoms with E-state index in [0.717, 1.165) is 19.0 Å². The van der Waals surface area contributed by atoms with E-state index in [1.54, 1.807) is 6.08 Å². The number of aliphatic hydroxyl groups excluding tert-OH is 3. The van der Waals surface area contributed by atoms with E-state index in [4.69, 9.17) is 4.74 Å². The Hall–Kier alpha value is -2.07. The Bertz CT molecular complexity index is 663. The fourth-order valence-corrected chi connectivity index (χ4v) is 4.23. The minimum atomic E-state index is -1.00. The number of allylic oxidation sites excluding steroid dienone is 2. The molecule has 0 aliphatic carbocycles. The molecule has 1 saturated heterocycles. The summed E-state index contributed by atoms with van der Waals surface area (Å²) in [5, 5.41) is 30.1. The van der Waals surface area contributed by atoms with Gasteiger partial charge < -0.3 is 39.2 Å². The Morgan fingerprint density at radius 3 is 2.12 bits per heavy atom. The summed E-state index contributed by atoms with van der Waals surface area (Å²) in [6, 6.07) is 0. The van der Waals surface area contributed by atoms with Gasteiger partial charge in [-0.2, -0.15) is 0 Å². The molecule has 0 spiro atoms. The zero-order chi connectivity index (χ0) is 25.3. The van der Waals surface area contributed by atoms with E-state index in [1.807, 2.05) is 0 Å². The predicted molar refractivity (Wildman–Crippen MR) is 123 cm³/mol. The molecule has 0 bridgehead atoms. The molecule has 9 nitrogen and oxygen atoms in total. The van der Waals surface area contributed by atoms with Crippen LogP contribution in [0.5, 0.6) is 0 Å². The van der Waals surface area contributed by atoms with Gasteiger partial charge in [0.1, 0.15) is 31.4 Å². The quantitative estimate of drug-likeness (QED) is 0.141. The van der Waals surface area contributed by atoms with Crippen molar-refractivity contribution in [1.29, 1.82) is 0 Å². The van der Waals surface area contributed by atoms with E-state index in [2.05, 4.69) is 0 Å². The number of carbonyl (C=O) groups excluding carboxylic acids is 5. The Balaban J connectivity index is 2.55. The van der Waals surface area contributed by atoms with Gasteiger partial charge >= 0.3 is 0 Å². The van der Waals surface area contributed by atoms with Crippen LogP contribution in [0.3, 0.4) is 0 Å². The van der Waals surface area contributed by atoms with Crippen molar-refractivity contribution in [2.24, 2.45) is 17.8 Å². The van der Waals surface area contributed by atoms with Gasteiger partial charge in [0.25, 0.3) is 0 Å². The maximum absolute atomic E-state index is 11.5. The van der Waals surface area contributed by atoms with Crippen molar-refractivity contribution >= 4 is 31.4 Å². The third-order valence-corrected chi connectivity index (χ3v) is 6.41. The first-order valence-corrected chi connectivity index (χ1v) is 12.0. The van der Waals surface area contributed by atoms with Crippen molar-refractivity contribution in [3.8, 4) is 0 Å². The van der Waals surface area contributed by atoms with E-state index in [-0.39, 0.29) is 25.7 Å². The van der Waals surface area contributed by atoms with Crippen molar-refractivity contribution in [3.05, 3.63) is 11.6 Å². The first kappa shape index (κ1) is 30.0. The molecule has 1 rings (SSSR count). The first-order valence-electron chi connectivity index (χ1n) is 12.0. The van der Waals surface area contributed by atoms with Crippen LogP contribution < -0.4 is 0 Å². The molecule has 0 aromatic rings. The number of hydrogen-bond acceptors (Lipinski definition) is 9.